The number of halogens is 1. The summed E-state index contributed by atoms with van der Waals surface area (Å²) in [6.45, 7) is 4.35. The Labute approximate surface area is 243 Å². The third kappa shape index (κ3) is 4.31. The number of alkyl carbamates (subject to hydrolysis) is 1. The molecule has 1 aromatic heterocycles. The zero-order chi connectivity index (χ0) is 28.4. The summed E-state index contributed by atoms with van der Waals surface area (Å²) in [5.74, 6) is 1.87. The molecule has 41 heavy (non-hydrogen) atoms. The van der Waals surface area contributed by atoms with Crippen molar-refractivity contribution in [2.45, 2.75) is 64.3 Å². The number of likely N-dealkylation sites (tertiary alicyclic amines) is 1. The Morgan fingerprint density at radius 3 is 2.80 bits per heavy atom. The van der Waals surface area contributed by atoms with E-state index in [1.807, 2.05) is 30.9 Å². The van der Waals surface area contributed by atoms with Crippen molar-refractivity contribution in [3.63, 3.8) is 0 Å². The molecular formula is C32H33ClN4O4. The van der Waals surface area contributed by atoms with Crippen LogP contribution < -0.4 is 10.1 Å². The Bertz CT molecular complexity index is 1700. The molecule has 3 heterocycles. The summed E-state index contributed by atoms with van der Waals surface area (Å²) < 4.78 is 11.0. The highest BCUT2D eigenvalue weighted by Crippen LogP contribution is 2.48. The van der Waals surface area contributed by atoms with E-state index in [1.165, 1.54) is 7.11 Å². The van der Waals surface area contributed by atoms with E-state index in [2.05, 4.69) is 40.6 Å². The van der Waals surface area contributed by atoms with Crippen LogP contribution in [0.3, 0.4) is 0 Å². The third-order valence-electron chi connectivity index (χ3n) is 9.13. The molecule has 2 aliphatic heterocycles. The van der Waals surface area contributed by atoms with Crippen molar-refractivity contribution in [2.24, 2.45) is 11.8 Å². The molecule has 1 saturated heterocycles. The van der Waals surface area contributed by atoms with Crippen LogP contribution in [0.2, 0.25) is 5.02 Å². The lowest BCUT2D eigenvalue weighted by molar-refractivity contribution is -0.137. The number of methoxy groups -OCH3 is 1. The standard InChI is InChI=1S/C32H33ClN4O4/c1-16(2)28(36-32(39)40-3)31(38)37-25-6-4-5-18(25)13-26(37)30-34-24-10-7-17-12-23-21-9-8-20(33)11-19(21)15-41-27(23)14-22(17)29(24)35-30/h7-12,14,16,18,25-26,28H,4-6,13,15H2,1-3H3,(H,34,35)(H,36,39)/t18-,25-,26?,28-/m0/s1. The van der Waals surface area contributed by atoms with Gasteiger partial charge in [0.25, 0.3) is 0 Å². The first-order chi connectivity index (χ1) is 19.8. The maximum atomic E-state index is 14.1. The van der Waals surface area contributed by atoms with Crippen LogP contribution in [0.15, 0.2) is 42.5 Å². The fourth-order valence-corrected chi connectivity index (χ4v) is 7.34. The number of hydrogen-bond acceptors (Lipinski definition) is 5. The molecule has 0 radical (unpaired) electrons. The second kappa shape index (κ2) is 9.94. The van der Waals surface area contributed by atoms with E-state index in [-0.39, 0.29) is 23.9 Å². The molecule has 2 fully saturated rings. The van der Waals surface area contributed by atoms with Crippen LogP contribution in [0.25, 0.3) is 32.9 Å². The molecular weight excluding hydrogens is 540 g/mol. The van der Waals surface area contributed by atoms with Crippen molar-refractivity contribution < 1.29 is 19.1 Å². The number of imidazole rings is 1. The molecule has 8 nitrogen and oxygen atoms in total. The number of hydrogen-bond donors (Lipinski definition) is 2. The first-order valence-electron chi connectivity index (χ1n) is 14.4. The van der Waals surface area contributed by atoms with E-state index >= 15 is 0 Å². The van der Waals surface area contributed by atoms with Crippen molar-refractivity contribution in [1.29, 1.82) is 0 Å². The molecule has 212 valence electrons. The van der Waals surface area contributed by atoms with Crippen LogP contribution >= 0.6 is 11.6 Å². The number of ether oxygens (including phenoxy) is 2. The SMILES string of the molecule is COC(=O)N[C@H](C(=O)N1C(c2nc3c(ccc4cc5c(cc43)OCc3cc(Cl)ccc3-5)[nH]2)C[C@@H]2CCC[C@@H]21)C(C)C. The van der Waals surface area contributed by atoms with Crippen LogP contribution in [-0.2, 0) is 16.1 Å². The van der Waals surface area contributed by atoms with Gasteiger partial charge in [0.05, 0.1) is 24.2 Å². The topological polar surface area (TPSA) is 96.6 Å². The highest BCUT2D eigenvalue weighted by Gasteiger charge is 2.49. The summed E-state index contributed by atoms with van der Waals surface area (Å²) in [6.07, 6.45) is 3.43. The summed E-state index contributed by atoms with van der Waals surface area (Å²) in [5, 5.41) is 5.55. The maximum Gasteiger partial charge on any atom is 0.407 e. The molecule has 7 rings (SSSR count). The summed E-state index contributed by atoms with van der Waals surface area (Å²) >= 11 is 6.23. The minimum atomic E-state index is -0.670. The second-order valence-electron chi connectivity index (χ2n) is 11.9. The average Bonchev–Trinajstić information content (AvgIpc) is 3.68. The normalized spacial score (nSPS) is 21.9. The molecule has 1 unspecified atom stereocenters. The molecule has 1 aliphatic carbocycles. The number of benzene rings is 3. The molecule has 4 atom stereocenters. The number of aromatic nitrogens is 2. The number of amides is 2. The van der Waals surface area contributed by atoms with E-state index < -0.39 is 12.1 Å². The minimum Gasteiger partial charge on any atom is -0.488 e. The predicted octanol–water partition coefficient (Wildman–Crippen LogP) is 6.75. The lowest BCUT2D eigenvalue weighted by atomic mass is 9.94. The van der Waals surface area contributed by atoms with Crippen molar-refractivity contribution in [3.05, 3.63) is 58.9 Å². The van der Waals surface area contributed by atoms with Gasteiger partial charge in [0, 0.05) is 22.0 Å². The van der Waals surface area contributed by atoms with E-state index in [4.69, 9.17) is 26.1 Å². The monoisotopic (exact) mass is 572 g/mol. The molecule has 4 aromatic rings. The minimum absolute atomic E-state index is 0.0728. The zero-order valence-electron chi connectivity index (χ0n) is 23.4. The number of rotatable bonds is 4. The lowest BCUT2D eigenvalue weighted by Gasteiger charge is -2.33. The van der Waals surface area contributed by atoms with Gasteiger partial charge in [-0.1, -0.05) is 44.0 Å². The van der Waals surface area contributed by atoms with Crippen LogP contribution in [0, 0.1) is 11.8 Å². The van der Waals surface area contributed by atoms with Crippen molar-refractivity contribution in [3.8, 4) is 16.9 Å². The van der Waals surface area contributed by atoms with Crippen LogP contribution in [0.4, 0.5) is 4.79 Å². The fraction of sp³-hybridized carbons (Fsp3) is 0.406. The maximum absolute atomic E-state index is 14.1. The van der Waals surface area contributed by atoms with E-state index in [0.29, 0.717) is 17.5 Å². The van der Waals surface area contributed by atoms with Crippen molar-refractivity contribution in [1.82, 2.24) is 20.2 Å². The fourth-order valence-electron chi connectivity index (χ4n) is 7.14. The van der Waals surface area contributed by atoms with Gasteiger partial charge in [-0.05, 0) is 77.9 Å². The third-order valence-corrected chi connectivity index (χ3v) is 9.36. The van der Waals surface area contributed by atoms with Crippen LogP contribution in [0.5, 0.6) is 5.75 Å². The molecule has 2 amide bonds. The molecule has 1 saturated carbocycles. The van der Waals surface area contributed by atoms with Gasteiger partial charge in [-0.3, -0.25) is 4.79 Å². The van der Waals surface area contributed by atoms with Gasteiger partial charge in [-0.2, -0.15) is 0 Å². The number of nitrogens with one attached hydrogen (secondary N) is 2. The number of aromatic amines is 1. The lowest BCUT2D eigenvalue weighted by Crippen LogP contribution is -2.53. The van der Waals surface area contributed by atoms with Crippen LogP contribution in [0.1, 0.15) is 57.0 Å². The van der Waals surface area contributed by atoms with Gasteiger partial charge >= 0.3 is 6.09 Å². The number of carbonyl (C=O) groups excluding carboxylic acids is 2. The Morgan fingerprint density at radius 1 is 1.15 bits per heavy atom. The molecule has 3 aliphatic rings. The van der Waals surface area contributed by atoms with Gasteiger partial charge in [0.15, 0.2) is 0 Å². The van der Waals surface area contributed by atoms with E-state index in [1.54, 1.807) is 0 Å². The summed E-state index contributed by atoms with van der Waals surface area (Å²) in [4.78, 5) is 36.9. The summed E-state index contributed by atoms with van der Waals surface area (Å²) in [5.41, 5.74) is 5.04. The van der Waals surface area contributed by atoms with Crippen LogP contribution in [-0.4, -0.2) is 46.1 Å². The molecule has 0 spiro atoms. The highest BCUT2D eigenvalue weighted by atomic mass is 35.5. The zero-order valence-corrected chi connectivity index (χ0v) is 24.1. The molecule has 0 bridgehead atoms. The number of nitrogens with zero attached hydrogens (tertiary/aromatic N) is 2. The Kier molecular flexibility index (Phi) is 6.34. The Balaban J connectivity index is 1.29. The average molecular weight is 573 g/mol. The van der Waals surface area contributed by atoms with E-state index in [9.17, 15) is 9.59 Å². The first-order valence-corrected chi connectivity index (χ1v) is 14.7. The first kappa shape index (κ1) is 26.1. The van der Waals surface area contributed by atoms with Gasteiger partial charge in [0.1, 0.15) is 24.2 Å². The Hall–Kier alpha value is -3.78. The Morgan fingerprint density at radius 2 is 2.00 bits per heavy atom. The quantitative estimate of drug-likeness (QED) is 0.282. The van der Waals surface area contributed by atoms with Gasteiger partial charge in [0.2, 0.25) is 5.91 Å². The largest absolute Gasteiger partial charge is 0.488 e. The molecule has 2 N–H and O–H groups in total. The van der Waals surface area contributed by atoms with Gasteiger partial charge in [-0.25, -0.2) is 9.78 Å². The highest BCUT2D eigenvalue weighted by molar-refractivity contribution is 6.30. The summed E-state index contributed by atoms with van der Waals surface area (Å²) in [7, 11) is 1.32. The number of H-pyrrole nitrogens is 1. The summed E-state index contributed by atoms with van der Waals surface area (Å²) in [6, 6.07) is 13.6. The van der Waals surface area contributed by atoms with Gasteiger partial charge in [-0.15, -0.1) is 0 Å². The number of carbonyl (C=O) groups is 2. The van der Waals surface area contributed by atoms with Crippen molar-refractivity contribution >= 4 is 45.4 Å². The second-order valence-corrected chi connectivity index (χ2v) is 12.3. The molecule has 9 heteroatoms. The smallest absolute Gasteiger partial charge is 0.407 e. The van der Waals surface area contributed by atoms with Gasteiger partial charge < -0.3 is 24.7 Å². The number of fused-ring (bicyclic) bond motifs is 7. The molecule has 3 aromatic carbocycles. The predicted molar refractivity (Wildman–Crippen MR) is 158 cm³/mol. The van der Waals surface area contributed by atoms with Crippen molar-refractivity contribution in [2.75, 3.05) is 7.11 Å². The van der Waals surface area contributed by atoms with E-state index in [0.717, 1.165) is 75.8 Å².